The van der Waals surface area contributed by atoms with E-state index in [1.165, 1.54) is 12.0 Å². The van der Waals surface area contributed by atoms with Crippen LogP contribution in [0.15, 0.2) is 24.3 Å². The molecule has 6 heteroatoms. The molecule has 0 atom stereocenters. The van der Waals surface area contributed by atoms with Crippen molar-refractivity contribution in [3.8, 4) is 5.75 Å². The highest BCUT2D eigenvalue weighted by atomic mass is 16.5. The molecule has 2 rings (SSSR count). The van der Waals surface area contributed by atoms with Gasteiger partial charge in [0.1, 0.15) is 12.3 Å². The summed E-state index contributed by atoms with van der Waals surface area (Å²) in [5.74, 6) is -0.0971. The molecule has 0 saturated carbocycles. The number of carbonyl (C=O) groups excluding carboxylic acids is 2. The third kappa shape index (κ3) is 5.83. The van der Waals surface area contributed by atoms with Gasteiger partial charge in [-0.2, -0.15) is 0 Å². The number of hydrogen-bond donors (Lipinski definition) is 0. The Hall–Kier alpha value is -2.08. The molecular formula is C15H23NO5. The summed E-state index contributed by atoms with van der Waals surface area (Å²) in [6.45, 7) is 3.86. The van der Waals surface area contributed by atoms with Crippen molar-refractivity contribution >= 4 is 17.6 Å². The Bertz CT molecular complexity index is 447. The predicted molar refractivity (Wildman–Crippen MR) is 80.6 cm³/mol. The van der Waals surface area contributed by atoms with Gasteiger partial charge >= 0.3 is 5.97 Å². The van der Waals surface area contributed by atoms with Gasteiger partial charge in [0.05, 0.1) is 12.8 Å². The van der Waals surface area contributed by atoms with Gasteiger partial charge in [-0.25, -0.2) is 0 Å². The van der Waals surface area contributed by atoms with Crippen LogP contribution in [0.1, 0.15) is 13.8 Å². The van der Waals surface area contributed by atoms with E-state index in [1.54, 1.807) is 32.4 Å². The van der Waals surface area contributed by atoms with E-state index in [4.69, 9.17) is 4.74 Å². The zero-order chi connectivity index (χ0) is 16.3. The average Bonchev–Trinajstić information content (AvgIpc) is 2.52. The summed E-state index contributed by atoms with van der Waals surface area (Å²) in [4.78, 5) is 24.1. The van der Waals surface area contributed by atoms with E-state index in [0.717, 1.165) is 0 Å². The number of rotatable bonds is 2. The highest BCUT2D eigenvalue weighted by Gasteiger charge is 2.26. The molecule has 0 radical (unpaired) electrons. The maximum atomic E-state index is 11.6. The van der Waals surface area contributed by atoms with Crippen LogP contribution >= 0.6 is 0 Å². The van der Waals surface area contributed by atoms with Crippen LogP contribution in [0.3, 0.4) is 0 Å². The number of ether oxygens (including phenoxy) is 3. The van der Waals surface area contributed by atoms with E-state index in [9.17, 15) is 9.59 Å². The van der Waals surface area contributed by atoms with Crippen LogP contribution in [-0.2, 0) is 19.1 Å². The van der Waals surface area contributed by atoms with Crippen molar-refractivity contribution in [1.29, 1.82) is 0 Å². The standard InChI is InChI=1S/C11H11NO4.C2H6O.C2H6/c1-15-11(14)6-12-8-4-2-3-5-9(8)16-7-10(12)13;1-3-2;1-2/h2-5H,6-7H2,1H3;1-2H3;1-2H3. The molecule has 0 aliphatic carbocycles. The Morgan fingerprint density at radius 2 is 1.81 bits per heavy atom. The van der Waals surface area contributed by atoms with Gasteiger partial charge in [0.2, 0.25) is 0 Å². The smallest absolute Gasteiger partial charge is 0.325 e. The molecule has 0 unspecified atom stereocenters. The van der Waals surface area contributed by atoms with E-state index in [-0.39, 0.29) is 19.1 Å². The highest BCUT2D eigenvalue weighted by Crippen LogP contribution is 2.31. The fraction of sp³-hybridized carbons (Fsp3) is 0.467. The number of hydrogen-bond acceptors (Lipinski definition) is 5. The van der Waals surface area contributed by atoms with Gasteiger partial charge in [-0.05, 0) is 12.1 Å². The number of benzene rings is 1. The molecule has 1 heterocycles. The molecule has 1 aromatic carbocycles. The number of amides is 1. The Balaban J connectivity index is 0.000000713. The van der Waals surface area contributed by atoms with Crippen LogP contribution in [-0.4, -0.2) is 46.4 Å². The lowest BCUT2D eigenvalue weighted by Crippen LogP contribution is -2.42. The first-order valence-corrected chi connectivity index (χ1v) is 6.63. The fourth-order valence-corrected chi connectivity index (χ4v) is 1.52. The first-order chi connectivity index (χ1) is 10.1. The van der Waals surface area contributed by atoms with E-state index in [1.807, 2.05) is 19.9 Å². The summed E-state index contributed by atoms with van der Waals surface area (Å²) >= 11 is 0. The van der Waals surface area contributed by atoms with Crippen molar-refractivity contribution in [2.45, 2.75) is 13.8 Å². The number of esters is 1. The van der Waals surface area contributed by atoms with Crippen LogP contribution in [0, 0.1) is 0 Å². The Labute approximate surface area is 125 Å². The van der Waals surface area contributed by atoms with Gasteiger partial charge in [-0.3, -0.25) is 14.5 Å². The molecule has 1 amide bonds. The minimum Gasteiger partial charge on any atom is -0.482 e. The molecule has 0 N–H and O–H groups in total. The number of carbonyl (C=O) groups is 2. The normalized spacial score (nSPS) is 11.9. The Morgan fingerprint density at radius 3 is 2.38 bits per heavy atom. The molecular weight excluding hydrogens is 274 g/mol. The lowest BCUT2D eigenvalue weighted by molar-refractivity contribution is -0.140. The summed E-state index contributed by atoms with van der Waals surface area (Å²) in [6.07, 6.45) is 0. The Kier molecular flexibility index (Phi) is 9.62. The van der Waals surface area contributed by atoms with Crippen LogP contribution in [0.5, 0.6) is 5.75 Å². The second kappa shape index (κ2) is 10.7. The zero-order valence-corrected chi connectivity index (χ0v) is 13.2. The SMILES string of the molecule is CC.COC.COC(=O)CN1C(=O)COc2ccccc21. The topological polar surface area (TPSA) is 65.1 Å². The molecule has 1 aromatic rings. The van der Waals surface area contributed by atoms with E-state index in [2.05, 4.69) is 9.47 Å². The third-order valence-corrected chi connectivity index (χ3v) is 2.32. The average molecular weight is 297 g/mol. The largest absolute Gasteiger partial charge is 0.482 e. The summed E-state index contributed by atoms with van der Waals surface area (Å²) in [7, 11) is 4.54. The fourth-order valence-electron chi connectivity index (χ4n) is 1.52. The second-order valence-corrected chi connectivity index (χ2v) is 3.72. The van der Waals surface area contributed by atoms with E-state index < -0.39 is 5.97 Å². The van der Waals surface area contributed by atoms with Crippen LogP contribution in [0.25, 0.3) is 0 Å². The molecule has 118 valence electrons. The first kappa shape index (κ1) is 18.9. The van der Waals surface area contributed by atoms with Gasteiger partial charge in [-0.15, -0.1) is 0 Å². The lowest BCUT2D eigenvalue weighted by atomic mass is 10.2. The van der Waals surface area contributed by atoms with Crippen LogP contribution in [0.2, 0.25) is 0 Å². The van der Waals surface area contributed by atoms with E-state index >= 15 is 0 Å². The van der Waals surface area contributed by atoms with Crippen molar-refractivity contribution < 1.29 is 23.8 Å². The van der Waals surface area contributed by atoms with Gasteiger partial charge in [0.25, 0.3) is 5.91 Å². The monoisotopic (exact) mass is 297 g/mol. The molecule has 6 nitrogen and oxygen atoms in total. The van der Waals surface area contributed by atoms with Crippen molar-refractivity contribution in [2.24, 2.45) is 0 Å². The first-order valence-electron chi connectivity index (χ1n) is 6.63. The van der Waals surface area contributed by atoms with Gasteiger partial charge in [-0.1, -0.05) is 26.0 Å². The molecule has 1 aliphatic rings. The maximum Gasteiger partial charge on any atom is 0.325 e. The summed E-state index contributed by atoms with van der Waals surface area (Å²) in [6, 6.07) is 7.08. The number of nitrogens with zero attached hydrogens (tertiary/aromatic N) is 1. The zero-order valence-electron chi connectivity index (χ0n) is 13.2. The van der Waals surface area contributed by atoms with Gasteiger partial charge in [0.15, 0.2) is 6.61 Å². The lowest BCUT2D eigenvalue weighted by Gasteiger charge is -2.28. The molecule has 0 aromatic heterocycles. The quantitative estimate of drug-likeness (QED) is 0.780. The van der Waals surface area contributed by atoms with Crippen molar-refractivity contribution in [3.05, 3.63) is 24.3 Å². The Morgan fingerprint density at radius 1 is 1.24 bits per heavy atom. The summed E-state index contributed by atoms with van der Waals surface area (Å²) in [5.41, 5.74) is 0.601. The maximum absolute atomic E-state index is 11.6. The second-order valence-electron chi connectivity index (χ2n) is 3.72. The summed E-state index contributed by atoms with van der Waals surface area (Å²) in [5, 5.41) is 0. The molecule has 0 bridgehead atoms. The van der Waals surface area contributed by atoms with Crippen molar-refractivity contribution in [3.63, 3.8) is 0 Å². The number of para-hydroxylation sites is 2. The van der Waals surface area contributed by atoms with Gasteiger partial charge < -0.3 is 14.2 Å². The number of methoxy groups -OCH3 is 2. The molecule has 0 saturated heterocycles. The minimum atomic E-state index is -0.454. The molecule has 21 heavy (non-hydrogen) atoms. The highest BCUT2D eigenvalue weighted by molar-refractivity contribution is 6.01. The number of fused-ring (bicyclic) bond motifs is 1. The molecule has 0 spiro atoms. The van der Waals surface area contributed by atoms with Crippen molar-refractivity contribution in [2.75, 3.05) is 39.4 Å². The third-order valence-electron chi connectivity index (χ3n) is 2.32. The van der Waals surface area contributed by atoms with E-state index in [0.29, 0.717) is 11.4 Å². The molecule has 1 aliphatic heterocycles. The molecule has 0 fully saturated rings. The van der Waals surface area contributed by atoms with Crippen LogP contribution in [0.4, 0.5) is 5.69 Å². The van der Waals surface area contributed by atoms with Crippen molar-refractivity contribution in [1.82, 2.24) is 0 Å². The van der Waals surface area contributed by atoms with Crippen LogP contribution < -0.4 is 9.64 Å². The minimum absolute atomic E-state index is 0.0476. The summed E-state index contributed by atoms with van der Waals surface area (Å²) < 4.78 is 14.0. The predicted octanol–water partition coefficient (Wildman–Crippen LogP) is 1.87. The van der Waals surface area contributed by atoms with Gasteiger partial charge in [0, 0.05) is 14.2 Å². The number of anilines is 1.